The maximum Gasteiger partial charge on any atom is 0.225 e. The summed E-state index contributed by atoms with van der Waals surface area (Å²) in [6, 6.07) is 7.10. The summed E-state index contributed by atoms with van der Waals surface area (Å²) in [6.07, 6.45) is 1.97. The van der Waals surface area contributed by atoms with E-state index in [-0.39, 0.29) is 21.8 Å². The third kappa shape index (κ3) is 5.20. The van der Waals surface area contributed by atoms with Crippen LogP contribution in [0.4, 0.5) is 5.69 Å². The van der Waals surface area contributed by atoms with E-state index in [9.17, 15) is 9.59 Å². The highest BCUT2D eigenvalue weighted by Gasteiger charge is 2.26. The van der Waals surface area contributed by atoms with Crippen LogP contribution < -0.4 is 5.32 Å². The van der Waals surface area contributed by atoms with Crippen molar-refractivity contribution in [3.63, 3.8) is 0 Å². The Bertz CT molecular complexity index is 538. The summed E-state index contributed by atoms with van der Waals surface area (Å²) in [5.41, 5.74) is 1.38. The molecule has 0 aliphatic heterocycles. The van der Waals surface area contributed by atoms with Gasteiger partial charge in [0.1, 0.15) is 7.85 Å². The standard InChI is InChI=1S/C17H26BNO2S/c1-5-16(3,22)11-14(20)19-13-9-7-12(8-10-13)15(21)17(4,18)6-2/h7-10,22H,5-6,11,18H2,1-4H3,(H,19,20). The van der Waals surface area contributed by atoms with E-state index in [4.69, 9.17) is 0 Å². The van der Waals surface area contributed by atoms with Gasteiger partial charge in [0.05, 0.1) is 0 Å². The van der Waals surface area contributed by atoms with Crippen molar-refractivity contribution in [3.8, 4) is 0 Å². The molecule has 120 valence electrons. The molecule has 0 aliphatic rings. The van der Waals surface area contributed by atoms with Crippen LogP contribution >= 0.6 is 12.6 Å². The smallest absolute Gasteiger partial charge is 0.225 e. The van der Waals surface area contributed by atoms with Crippen molar-refractivity contribution in [1.82, 2.24) is 0 Å². The topological polar surface area (TPSA) is 46.2 Å². The molecule has 1 rings (SSSR count). The van der Waals surface area contributed by atoms with E-state index in [0.29, 0.717) is 17.7 Å². The molecule has 22 heavy (non-hydrogen) atoms. The normalized spacial score (nSPS) is 16.4. The first kappa shape index (κ1) is 18.8. The van der Waals surface area contributed by atoms with Crippen molar-refractivity contribution >= 4 is 37.9 Å². The fourth-order valence-corrected chi connectivity index (χ4v) is 2.08. The summed E-state index contributed by atoms with van der Waals surface area (Å²) in [5.74, 6) is 0.0640. The van der Waals surface area contributed by atoms with Gasteiger partial charge in [-0.25, -0.2) is 0 Å². The maximum absolute atomic E-state index is 12.4. The third-order valence-corrected chi connectivity index (χ3v) is 4.71. The molecule has 1 N–H and O–H groups in total. The minimum absolute atomic E-state index is 0.0627. The molecule has 0 saturated heterocycles. The van der Waals surface area contributed by atoms with Gasteiger partial charge in [-0.2, -0.15) is 12.6 Å². The minimum Gasteiger partial charge on any atom is -0.326 e. The molecular formula is C17H26BNO2S. The molecule has 1 amide bonds. The van der Waals surface area contributed by atoms with E-state index in [1.54, 1.807) is 24.3 Å². The Morgan fingerprint density at radius 2 is 1.68 bits per heavy atom. The van der Waals surface area contributed by atoms with Crippen molar-refractivity contribution in [1.29, 1.82) is 0 Å². The van der Waals surface area contributed by atoms with Crippen molar-refractivity contribution in [2.45, 2.75) is 57.0 Å². The van der Waals surface area contributed by atoms with Gasteiger partial charge in [-0.3, -0.25) is 9.59 Å². The van der Waals surface area contributed by atoms with Gasteiger partial charge >= 0.3 is 0 Å². The fourth-order valence-electron chi connectivity index (χ4n) is 1.93. The number of anilines is 1. The molecule has 5 heteroatoms. The zero-order chi connectivity index (χ0) is 17.0. The number of hydrogen-bond donors (Lipinski definition) is 2. The lowest BCUT2D eigenvalue weighted by atomic mass is 9.64. The number of benzene rings is 1. The average Bonchev–Trinajstić information content (AvgIpc) is 2.46. The highest BCUT2D eigenvalue weighted by Crippen LogP contribution is 2.30. The van der Waals surface area contributed by atoms with Crippen molar-refractivity contribution in [2.24, 2.45) is 0 Å². The second-order valence-corrected chi connectivity index (χ2v) is 7.80. The molecule has 0 saturated carbocycles. The number of nitrogens with one attached hydrogen (secondary N) is 1. The first-order chi connectivity index (χ1) is 10.1. The van der Waals surface area contributed by atoms with E-state index in [2.05, 4.69) is 17.9 Å². The molecule has 0 bridgehead atoms. The van der Waals surface area contributed by atoms with Gasteiger partial charge in [-0.15, -0.1) is 0 Å². The van der Waals surface area contributed by atoms with E-state index in [0.717, 1.165) is 12.8 Å². The molecule has 0 aliphatic carbocycles. The summed E-state index contributed by atoms with van der Waals surface area (Å²) < 4.78 is -0.300. The lowest BCUT2D eigenvalue weighted by Gasteiger charge is -2.21. The molecule has 1 aromatic rings. The Morgan fingerprint density at radius 1 is 1.14 bits per heavy atom. The van der Waals surface area contributed by atoms with Crippen LogP contribution in [0.15, 0.2) is 24.3 Å². The van der Waals surface area contributed by atoms with E-state index >= 15 is 0 Å². The molecule has 1 aromatic carbocycles. The predicted octanol–water partition coefficient (Wildman–Crippen LogP) is 3.52. The summed E-state index contributed by atoms with van der Waals surface area (Å²) in [4.78, 5) is 24.3. The molecule has 0 spiro atoms. The quantitative estimate of drug-likeness (QED) is 0.459. The summed E-state index contributed by atoms with van der Waals surface area (Å²) in [7, 11) is 1.95. The molecule has 2 atom stereocenters. The number of rotatable bonds is 7. The van der Waals surface area contributed by atoms with Gasteiger partial charge < -0.3 is 5.32 Å². The zero-order valence-electron chi connectivity index (χ0n) is 14.2. The molecule has 0 radical (unpaired) electrons. The van der Waals surface area contributed by atoms with Crippen LogP contribution in [0.3, 0.4) is 0 Å². The molecule has 0 heterocycles. The zero-order valence-corrected chi connectivity index (χ0v) is 15.1. The van der Waals surface area contributed by atoms with Gasteiger partial charge in [0.2, 0.25) is 5.91 Å². The Balaban J connectivity index is 2.74. The number of amides is 1. The Morgan fingerprint density at radius 3 is 2.14 bits per heavy atom. The van der Waals surface area contributed by atoms with Crippen LogP contribution in [-0.4, -0.2) is 24.3 Å². The van der Waals surface area contributed by atoms with Crippen LogP contribution in [0, 0.1) is 0 Å². The Kier molecular flexibility index (Phi) is 6.30. The largest absolute Gasteiger partial charge is 0.326 e. The molecule has 3 nitrogen and oxygen atoms in total. The minimum atomic E-state index is -0.361. The van der Waals surface area contributed by atoms with Gasteiger partial charge in [0.25, 0.3) is 0 Å². The summed E-state index contributed by atoms with van der Waals surface area (Å²) in [5, 5.41) is 2.49. The second kappa shape index (κ2) is 7.36. The van der Waals surface area contributed by atoms with Crippen molar-refractivity contribution in [3.05, 3.63) is 29.8 Å². The van der Waals surface area contributed by atoms with Gasteiger partial charge in [-0.1, -0.05) is 34.1 Å². The lowest BCUT2D eigenvalue weighted by molar-refractivity contribution is -0.116. The number of Topliss-reactive ketones (excluding diaryl/α,β-unsaturated/α-hetero) is 1. The van der Waals surface area contributed by atoms with Crippen LogP contribution in [0.2, 0.25) is 5.31 Å². The second-order valence-electron chi connectivity index (χ2n) is 6.72. The molecular weight excluding hydrogens is 293 g/mol. The lowest BCUT2D eigenvalue weighted by Crippen LogP contribution is -2.25. The molecule has 0 aromatic heterocycles. The number of ketones is 1. The van der Waals surface area contributed by atoms with Crippen molar-refractivity contribution in [2.75, 3.05) is 5.32 Å². The first-order valence-corrected chi connectivity index (χ1v) is 8.23. The maximum atomic E-state index is 12.4. The predicted molar refractivity (Wildman–Crippen MR) is 98.9 cm³/mol. The molecule has 2 unspecified atom stereocenters. The van der Waals surface area contributed by atoms with Gasteiger partial charge in [-0.05, 0) is 30.7 Å². The fraction of sp³-hybridized carbons (Fsp3) is 0.529. The first-order valence-electron chi connectivity index (χ1n) is 7.78. The monoisotopic (exact) mass is 319 g/mol. The van der Waals surface area contributed by atoms with Crippen LogP contribution in [0.5, 0.6) is 0 Å². The summed E-state index contributed by atoms with van der Waals surface area (Å²) in [6.45, 7) is 7.92. The Labute approximate surface area is 140 Å². The third-order valence-electron chi connectivity index (χ3n) is 4.23. The van der Waals surface area contributed by atoms with Crippen molar-refractivity contribution < 1.29 is 9.59 Å². The Hall–Kier alpha value is -1.23. The van der Waals surface area contributed by atoms with Crippen LogP contribution in [0.1, 0.15) is 57.3 Å². The van der Waals surface area contributed by atoms with Gasteiger partial charge in [0, 0.05) is 27.7 Å². The average molecular weight is 319 g/mol. The van der Waals surface area contributed by atoms with Crippen LogP contribution in [-0.2, 0) is 4.79 Å². The number of hydrogen-bond acceptors (Lipinski definition) is 3. The van der Waals surface area contributed by atoms with Gasteiger partial charge in [0.15, 0.2) is 5.78 Å². The SMILES string of the molecule is BC(C)(CC)C(=O)c1ccc(NC(=O)CC(C)(S)CC)cc1. The number of carbonyl (C=O) groups is 2. The van der Waals surface area contributed by atoms with E-state index < -0.39 is 0 Å². The number of carbonyl (C=O) groups excluding carboxylic acids is 2. The van der Waals surface area contributed by atoms with Crippen LogP contribution in [0.25, 0.3) is 0 Å². The highest BCUT2D eigenvalue weighted by atomic mass is 32.1. The number of thiol groups is 1. The molecule has 0 fully saturated rings. The van der Waals surface area contributed by atoms with E-state index in [1.165, 1.54) is 0 Å². The highest BCUT2D eigenvalue weighted by molar-refractivity contribution is 7.81. The summed E-state index contributed by atoms with van der Waals surface area (Å²) >= 11 is 4.47. The van der Waals surface area contributed by atoms with E-state index in [1.807, 2.05) is 35.5 Å².